The summed E-state index contributed by atoms with van der Waals surface area (Å²) in [5.41, 5.74) is 4.85. The Morgan fingerprint density at radius 2 is 1.77 bits per heavy atom. The van der Waals surface area contributed by atoms with Crippen molar-refractivity contribution in [2.24, 2.45) is 0 Å². The first-order valence-corrected chi connectivity index (χ1v) is 9.74. The Bertz CT molecular complexity index is 1010. The highest BCUT2D eigenvalue weighted by Crippen LogP contribution is 2.29. The van der Waals surface area contributed by atoms with Crippen LogP contribution < -0.4 is 14.8 Å². The number of carbonyl (C=O) groups excluding carboxylic acids is 1. The van der Waals surface area contributed by atoms with Gasteiger partial charge in [-0.25, -0.2) is 4.68 Å². The minimum atomic E-state index is -0.101. The summed E-state index contributed by atoms with van der Waals surface area (Å²) in [6.45, 7) is 4.94. The molecule has 0 aliphatic heterocycles. The molecule has 0 aliphatic rings. The smallest absolute Gasteiger partial charge is 0.238 e. The zero-order chi connectivity index (χ0) is 21.7. The Balaban J connectivity index is 1.65. The molecule has 1 heterocycles. The van der Waals surface area contributed by atoms with Gasteiger partial charge in [-0.05, 0) is 45.2 Å². The molecule has 158 valence electrons. The van der Waals surface area contributed by atoms with E-state index in [-0.39, 0.29) is 12.5 Å². The molecule has 3 rings (SSSR count). The molecule has 0 radical (unpaired) electrons. The van der Waals surface area contributed by atoms with E-state index in [0.717, 1.165) is 22.6 Å². The van der Waals surface area contributed by atoms with Crippen molar-refractivity contribution in [3.63, 3.8) is 0 Å². The standard InChI is InChI=1S/C23H28N4O3/c1-16-20(17(2)27(25-16)19-9-7-6-8-10-19)14-26(3)15-23(28)24-18-11-12-21(29-4)22(13-18)30-5/h6-13H,14-15H2,1-5H3,(H,24,28). The number of likely N-dealkylation sites (N-methyl/N-ethyl adjacent to an activating group) is 1. The van der Waals surface area contributed by atoms with Crippen molar-refractivity contribution < 1.29 is 14.3 Å². The third-order valence-corrected chi connectivity index (χ3v) is 4.95. The number of ether oxygens (including phenoxy) is 2. The van der Waals surface area contributed by atoms with Crippen molar-refractivity contribution in [1.29, 1.82) is 0 Å². The SMILES string of the molecule is COc1ccc(NC(=O)CN(C)Cc2c(C)nn(-c3ccccc3)c2C)cc1OC. The summed E-state index contributed by atoms with van der Waals surface area (Å²) >= 11 is 0. The van der Waals surface area contributed by atoms with Gasteiger partial charge in [0.1, 0.15) is 0 Å². The van der Waals surface area contributed by atoms with E-state index in [0.29, 0.717) is 23.7 Å². The lowest BCUT2D eigenvalue weighted by Gasteiger charge is -2.17. The van der Waals surface area contributed by atoms with Gasteiger partial charge >= 0.3 is 0 Å². The summed E-state index contributed by atoms with van der Waals surface area (Å²) in [6.07, 6.45) is 0. The average Bonchev–Trinajstić information content (AvgIpc) is 3.02. The normalized spacial score (nSPS) is 10.9. The molecule has 0 atom stereocenters. The van der Waals surface area contributed by atoms with Crippen LogP contribution in [-0.4, -0.2) is 48.4 Å². The maximum Gasteiger partial charge on any atom is 0.238 e. The first-order valence-electron chi connectivity index (χ1n) is 9.74. The fourth-order valence-electron chi connectivity index (χ4n) is 3.41. The predicted molar refractivity (Wildman–Crippen MR) is 118 cm³/mol. The Kier molecular flexibility index (Phi) is 6.74. The van der Waals surface area contributed by atoms with E-state index in [1.807, 2.05) is 53.9 Å². The predicted octanol–water partition coefficient (Wildman–Crippen LogP) is 3.58. The number of nitrogens with zero attached hydrogens (tertiary/aromatic N) is 3. The van der Waals surface area contributed by atoms with Gasteiger partial charge in [-0.2, -0.15) is 5.10 Å². The number of nitrogens with one attached hydrogen (secondary N) is 1. The number of para-hydroxylation sites is 1. The number of hydrogen-bond acceptors (Lipinski definition) is 5. The molecule has 0 unspecified atom stereocenters. The highest BCUT2D eigenvalue weighted by atomic mass is 16.5. The minimum Gasteiger partial charge on any atom is -0.493 e. The Labute approximate surface area is 177 Å². The number of anilines is 1. The van der Waals surface area contributed by atoms with Gasteiger partial charge in [0.25, 0.3) is 0 Å². The lowest BCUT2D eigenvalue weighted by molar-refractivity contribution is -0.117. The molecule has 7 nitrogen and oxygen atoms in total. The quantitative estimate of drug-likeness (QED) is 0.617. The molecule has 0 bridgehead atoms. The summed E-state index contributed by atoms with van der Waals surface area (Å²) in [5.74, 6) is 1.09. The van der Waals surface area contributed by atoms with Crippen LogP contribution in [0.15, 0.2) is 48.5 Å². The highest BCUT2D eigenvalue weighted by Gasteiger charge is 2.16. The maximum atomic E-state index is 12.5. The molecule has 1 amide bonds. The van der Waals surface area contributed by atoms with Crippen molar-refractivity contribution in [3.05, 3.63) is 65.5 Å². The van der Waals surface area contributed by atoms with Gasteiger partial charge in [-0.15, -0.1) is 0 Å². The second-order valence-corrected chi connectivity index (χ2v) is 7.19. The van der Waals surface area contributed by atoms with E-state index in [1.165, 1.54) is 0 Å². The van der Waals surface area contributed by atoms with Gasteiger partial charge in [0.15, 0.2) is 11.5 Å². The van der Waals surface area contributed by atoms with Crippen LogP contribution in [0.1, 0.15) is 17.0 Å². The number of amides is 1. The fourth-order valence-corrected chi connectivity index (χ4v) is 3.41. The van der Waals surface area contributed by atoms with Crippen molar-refractivity contribution in [3.8, 4) is 17.2 Å². The summed E-state index contributed by atoms with van der Waals surface area (Å²) in [6, 6.07) is 15.3. The van der Waals surface area contributed by atoms with Crippen LogP contribution in [0.25, 0.3) is 5.69 Å². The maximum absolute atomic E-state index is 12.5. The molecule has 0 fully saturated rings. The van der Waals surface area contributed by atoms with Gasteiger partial charge in [-0.3, -0.25) is 9.69 Å². The van der Waals surface area contributed by atoms with E-state index >= 15 is 0 Å². The summed E-state index contributed by atoms with van der Waals surface area (Å²) in [7, 11) is 5.07. The monoisotopic (exact) mass is 408 g/mol. The van der Waals surface area contributed by atoms with Crippen molar-refractivity contribution in [1.82, 2.24) is 14.7 Å². The molecule has 0 saturated heterocycles. The Hall–Kier alpha value is -3.32. The van der Waals surface area contributed by atoms with Gasteiger partial charge < -0.3 is 14.8 Å². The summed E-state index contributed by atoms with van der Waals surface area (Å²) in [4.78, 5) is 14.5. The van der Waals surface area contributed by atoms with Crippen LogP contribution in [0, 0.1) is 13.8 Å². The van der Waals surface area contributed by atoms with E-state index in [4.69, 9.17) is 9.47 Å². The number of benzene rings is 2. The lowest BCUT2D eigenvalue weighted by Crippen LogP contribution is -2.30. The first kappa shape index (κ1) is 21.4. The summed E-state index contributed by atoms with van der Waals surface area (Å²) < 4.78 is 12.5. The third-order valence-electron chi connectivity index (χ3n) is 4.95. The molecule has 1 aromatic heterocycles. The molecule has 1 N–H and O–H groups in total. The van der Waals surface area contributed by atoms with Crippen LogP contribution in [0.5, 0.6) is 11.5 Å². The largest absolute Gasteiger partial charge is 0.493 e. The van der Waals surface area contributed by atoms with Crippen molar-refractivity contribution in [2.45, 2.75) is 20.4 Å². The van der Waals surface area contributed by atoms with E-state index in [2.05, 4.69) is 17.3 Å². The number of aromatic nitrogens is 2. The van der Waals surface area contributed by atoms with Crippen LogP contribution in [0.2, 0.25) is 0 Å². The summed E-state index contributed by atoms with van der Waals surface area (Å²) in [5, 5.41) is 7.59. The number of rotatable bonds is 8. The minimum absolute atomic E-state index is 0.101. The number of hydrogen-bond donors (Lipinski definition) is 1. The zero-order valence-electron chi connectivity index (χ0n) is 18.1. The van der Waals surface area contributed by atoms with E-state index in [1.54, 1.807) is 32.4 Å². The van der Waals surface area contributed by atoms with Crippen LogP contribution in [0.3, 0.4) is 0 Å². The number of aryl methyl sites for hydroxylation is 1. The molecular weight excluding hydrogens is 380 g/mol. The number of methoxy groups -OCH3 is 2. The van der Waals surface area contributed by atoms with E-state index in [9.17, 15) is 4.79 Å². The lowest BCUT2D eigenvalue weighted by atomic mass is 10.2. The van der Waals surface area contributed by atoms with Gasteiger partial charge in [0.2, 0.25) is 5.91 Å². The first-order chi connectivity index (χ1) is 14.4. The number of carbonyl (C=O) groups is 1. The Morgan fingerprint density at radius 3 is 2.43 bits per heavy atom. The molecule has 2 aromatic carbocycles. The topological polar surface area (TPSA) is 68.6 Å². The van der Waals surface area contributed by atoms with Gasteiger partial charge in [0, 0.05) is 29.6 Å². The molecule has 3 aromatic rings. The Morgan fingerprint density at radius 1 is 1.07 bits per heavy atom. The fraction of sp³-hybridized carbons (Fsp3) is 0.304. The molecule has 30 heavy (non-hydrogen) atoms. The molecule has 7 heteroatoms. The molecule has 0 aliphatic carbocycles. The van der Waals surface area contributed by atoms with Crippen LogP contribution in [0.4, 0.5) is 5.69 Å². The van der Waals surface area contributed by atoms with Crippen LogP contribution >= 0.6 is 0 Å². The van der Waals surface area contributed by atoms with Gasteiger partial charge in [0.05, 0.1) is 32.1 Å². The van der Waals surface area contributed by atoms with Crippen molar-refractivity contribution in [2.75, 3.05) is 33.1 Å². The second kappa shape index (κ2) is 9.45. The van der Waals surface area contributed by atoms with Gasteiger partial charge in [-0.1, -0.05) is 18.2 Å². The molecular formula is C23H28N4O3. The second-order valence-electron chi connectivity index (χ2n) is 7.19. The van der Waals surface area contributed by atoms with Crippen LogP contribution in [-0.2, 0) is 11.3 Å². The average molecular weight is 409 g/mol. The van der Waals surface area contributed by atoms with E-state index < -0.39 is 0 Å². The zero-order valence-corrected chi connectivity index (χ0v) is 18.1. The molecule has 0 saturated carbocycles. The highest BCUT2D eigenvalue weighted by molar-refractivity contribution is 5.92. The van der Waals surface area contributed by atoms with Crippen molar-refractivity contribution >= 4 is 11.6 Å². The third kappa shape index (κ3) is 4.80. The molecule has 0 spiro atoms.